The predicted molar refractivity (Wildman–Crippen MR) is 85.8 cm³/mol. The predicted octanol–water partition coefficient (Wildman–Crippen LogP) is 3.63. The highest BCUT2D eigenvalue weighted by atomic mass is 16.3. The third-order valence-electron chi connectivity index (χ3n) is 4.50. The van der Waals surface area contributed by atoms with Gasteiger partial charge in [-0.1, -0.05) is 67.6 Å². The highest BCUT2D eigenvalue weighted by Crippen LogP contribution is 2.34. The second kappa shape index (κ2) is 6.42. The lowest BCUT2D eigenvalue weighted by molar-refractivity contribution is -0.00495. The Morgan fingerprint density at radius 2 is 1.62 bits per heavy atom. The summed E-state index contributed by atoms with van der Waals surface area (Å²) >= 11 is 0. The maximum Gasteiger partial charge on any atom is 0.0596 e. The van der Waals surface area contributed by atoms with Crippen molar-refractivity contribution in [2.75, 3.05) is 6.54 Å². The first-order valence-corrected chi connectivity index (χ1v) is 7.75. The smallest absolute Gasteiger partial charge is 0.0596 e. The van der Waals surface area contributed by atoms with Gasteiger partial charge in [-0.2, -0.15) is 0 Å². The van der Waals surface area contributed by atoms with Crippen LogP contribution in [0.2, 0.25) is 0 Å². The van der Waals surface area contributed by atoms with Gasteiger partial charge >= 0.3 is 0 Å². The fraction of sp³-hybridized carbons (Fsp3) is 0.368. The van der Waals surface area contributed by atoms with Crippen molar-refractivity contribution < 1.29 is 5.11 Å². The van der Waals surface area contributed by atoms with E-state index in [-0.39, 0.29) is 6.10 Å². The number of hydrogen-bond acceptors (Lipinski definition) is 2. The second-order valence-corrected chi connectivity index (χ2v) is 6.12. The van der Waals surface area contributed by atoms with E-state index in [0.717, 1.165) is 19.5 Å². The van der Waals surface area contributed by atoms with Crippen LogP contribution in [-0.4, -0.2) is 22.7 Å². The van der Waals surface area contributed by atoms with Gasteiger partial charge in [-0.3, -0.25) is 4.90 Å². The summed E-state index contributed by atoms with van der Waals surface area (Å²) in [7, 11) is 0. The van der Waals surface area contributed by atoms with Gasteiger partial charge < -0.3 is 5.11 Å². The average molecular weight is 281 g/mol. The van der Waals surface area contributed by atoms with Crippen LogP contribution in [0.1, 0.15) is 30.5 Å². The van der Waals surface area contributed by atoms with E-state index in [0.29, 0.717) is 12.0 Å². The Bertz CT molecular complexity index is 554. The Balaban J connectivity index is 1.83. The minimum atomic E-state index is -0.206. The minimum Gasteiger partial charge on any atom is -0.393 e. The number of benzene rings is 2. The molecule has 1 heterocycles. The molecule has 2 heteroatoms. The fourth-order valence-corrected chi connectivity index (χ4v) is 3.24. The van der Waals surface area contributed by atoms with Crippen molar-refractivity contribution >= 4 is 0 Å². The van der Waals surface area contributed by atoms with Crippen molar-refractivity contribution in [1.29, 1.82) is 0 Å². The molecule has 1 aliphatic heterocycles. The number of likely N-dealkylation sites (tertiary alicyclic amines) is 1. The first-order chi connectivity index (χ1) is 10.2. The molecule has 0 aliphatic carbocycles. The van der Waals surface area contributed by atoms with Crippen molar-refractivity contribution in [1.82, 2.24) is 4.90 Å². The summed E-state index contributed by atoms with van der Waals surface area (Å²) in [5.41, 5.74) is 2.64. The number of nitrogens with zero attached hydrogens (tertiary/aromatic N) is 1. The molecule has 0 radical (unpaired) electrons. The topological polar surface area (TPSA) is 23.5 Å². The van der Waals surface area contributed by atoms with E-state index < -0.39 is 0 Å². The van der Waals surface area contributed by atoms with Gasteiger partial charge in [-0.25, -0.2) is 0 Å². The standard InChI is InChI=1S/C19H23NO/c1-15-13-20(14-16-8-4-2-5-9-16)18(12-19(15)21)17-10-6-3-7-11-17/h2-11,15,18-19,21H,12-14H2,1H3. The Morgan fingerprint density at radius 1 is 1.00 bits per heavy atom. The van der Waals surface area contributed by atoms with Gasteiger partial charge in [0.1, 0.15) is 0 Å². The molecule has 21 heavy (non-hydrogen) atoms. The van der Waals surface area contributed by atoms with E-state index in [9.17, 15) is 5.11 Å². The van der Waals surface area contributed by atoms with Crippen molar-refractivity contribution in [3.05, 3.63) is 71.8 Å². The maximum atomic E-state index is 10.3. The highest BCUT2D eigenvalue weighted by molar-refractivity contribution is 5.21. The van der Waals surface area contributed by atoms with Gasteiger partial charge in [-0.15, -0.1) is 0 Å². The molecule has 3 atom stereocenters. The molecule has 2 aromatic carbocycles. The van der Waals surface area contributed by atoms with Gasteiger partial charge in [0, 0.05) is 19.1 Å². The maximum absolute atomic E-state index is 10.3. The molecule has 0 bridgehead atoms. The summed E-state index contributed by atoms with van der Waals surface area (Å²) in [5.74, 6) is 0.327. The second-order valence-electron chi connectivity index (χ2n) is 6.12. The summed E-state index contributed by atoms with van der Waals surface area (Å²) in [4.78, 5) is 2.50. The Kier molecular flexibility index (Phi) is 4.37. The molecular weight excluding hydrogens is 258 g/mol. The van der Waals surface area contributed by atoms with Gasteiger partial charge in [0.25, 0.3) is 0 Å². The number of aliphatic hydroxyl groups is 1. The molecule has 3 rings (SSSR count). The molecule has 0 amide bonds. The van der Waals surface area contributed by atoms with Crippen LogP contribution in [0.3, 0.4) is 0 Å². The average Bonchev–Trinajstić information content (AvgIpc) is 2.52. The molecule has 0 spiro atoms. The van der Waals surface area contributed by atoms with Crippen molar-refractivity contribution in [3.63, 3.8) is 0 Å². The lowest BCUT2D eigenvalue weighted by atomic mass is 9.87. The molecular formula is C19H23NO. The first kappa shape index (κ1) is 14.3. The van der Waals surface area contributed by atoms with Gasteiger partial charge in [0.05, 0.1) is 6.10 Å². The van der Waals surface area contributed by atoms with E-state index in [1.807, 2.05) is 6.07 Å². The lowest BCUT2D eigenvalue weighted by Crippen LogP contribution is -2.43. The number of piperidine rings is 1. The van der Waals surface area contributed by atoms with E-state index in [1.165, 1.54) is 11.1 Å². The largest absolute Gasteiger partial charge is 0.393 e. The zero-order valence-electron chi connectivity index (χ0n) is 12.5. The van der Waals surface area contributed by atoms with Crippen LogP contribution in [0.5, 0.6) is 0 Å². The Morgan fingerprint density at radius 3 is 2.29 bits per heavy atom. The van der Waals surface area contributed by atoms with Crippen molar-refractivity contribution in [3.8, 4) is 0 Å². The molecule has 1 saturated heterocycles. The third-order valence-corrected chi connectivity index (χ3v) is 4.50. The summed E-state index contributed by atoms with van der Waals surface area (Å²) in [5, 5.41) is 10.3. The van der Waals surface area contributed by atoms with Crippen molar-refractivity contribution in [2.45, 2.75) is 32.0 Å². The van der Waals surface area contributed by atoms with Crippen LogP contribution in [0, 0.1) is 5.92 Å². The van der Waals surface area contributed by atoms with Crippen LogP contribution < -0.4 is 0 Å². The van der Waals surface area contributed by atoms with Crippen LogP contribution in [0.4, 0.5) is 0 Å². The van der Waals surface area contributed by atoms with E-state index in [4.69, 9.17) is 0 Å². The molecule has 0 aromatic heterocycles. The molecule has 110 valence electrons. The molecule has 1 aliphatic rings. The van der Waals surface area contributed by atoms with Crippen LogP contribution >= 0.6 is 0 Å². The summed E-state index contributed by atoms with van der Waals surface area (Å²) < 4.78 is 0. The highest BCUT2D eigenvalue weighted by Gasteiger charge is 2.32. The van der Waals surface area contributed by atoms with Crippen LogP contribution in [0.15, 0.2) is 60.7 Å². The van der Waals surface area contributed by atoms with Crippen LogP contribution in [0.25, 0.3) is 0 Å². The Labute approximate surface area is 127 Å². The number of aliphatic hydroxyl groups excluding tert-OH is 1. The third kappa shape index (κ3) is 3.34. The van der Waals surface area contributed by atoms with E-state index in [2.05, 4.69) is 66.4 Å². The van der Waals surface area contributed by atoms with E-state index in [1.54, 1.807) is 0 Å². The zero-order valence-corrected chi connectivity index (χ0v) is 12.5. The quantitative estimate of drug-likeness (QED) is 0.928. The van der Waals surface area contributed by atoms with Crippen molar-refractivity contribution in [2.24, 2.45) is 5.92 Å². The summed E-state index contributed by atoms with van der Waals surface area (Å²) in [6, 6.07) is 21.5. The summed E-state index contributed by atoms with van der Waals surface area (Å²) in [6.07, 6.45) is 0.611. The van der Waals surface area contributed by atoms with Crippen LogP contribution in [-0.2, 0) is 6.54 Å². The first-order valence-electron chi connectivity index (χ1n) is 7.75. The van der Waals surface area contributed by atoms with E-state index >= 15 is 0 Å². The zero-order chi connectivity index (χ0) is 14.7. The molecule has 1 fully saturated rings. The molecule has 3 unspecified atom stereocenters. The van der Waals surface area contributed by atoms with Gasteiger partial charge in [-0.05, 0) is 23.5 Å². The minimum absolute atomic E-state index is 0.206. The number of hydrogen-bond donors (Lipinski definition) is 1. The normalized spacial score (nSPS) is 26.7. The Hall–Kier alpha value is -1.64. The molecule has 2 aromatic rings. The van der Waals surface area contributed by atoms with Gasteiger partial charge in [0.2, 0.25) is 0 Å². The SMILES string of the molecule is CC1CN(Cc2ccccc2)C(c2ccccc2)CC1O. The van der Waals surface area contributed by atoms with Gasteiger partial charge in [0.15, 0.2) is 0 Å². The molecule has 1 N–H and O–H groups in total. The molecule has 2 nitrogen and oxygen atoms in total. The number of rotatable bonds is 3. The lowest BCUT2D eigenvalue weighted by Gasteiger charge is -2.41. The molecule has 0 saturated carbocycles. The summed E-state index contributed by atoms with van der Waals surface area (Å²) in [6.45, 7) is 4.02. The fourth-order valence-electron chi connectivity index (χ4n) is 3.24. The monoisotopic (exact) mass is 281 g/mol.